The molecule has 0 atom stereocenters. The summed E-state index contributed by atoms with van der Waals surface area (Å²) in [6, 6.07) is 14.7. The van der Waals surface area contributed by atoms with E-state index in [0.717, 1.165) is 29.1 Å². The fraction of sp³-hybridized carbons (Fsp3) is 0.125. The highest BCUT2D eigenvalue weighted by molar-refractivity contribution is 6.00. The van der Waals surface area contributed by atoms with Gasteiger partial charge in [-0.2, -0.15) is 18.3 Å². The number of hydrazone groups is 1. The number of hydrogen-bond donors (Lipinski definition) is 1. The van der Waals surface area contributed by atoms with Gasteiger partial charge in [0.15, 0.2) is 0 Å². The second-order valence-corrected chi connectivity index (χ2v) is 7.26. The molecule has 174 valence electrons. The maximum atomic E-state index is 12.9. The van der Waals surface area contributed by atoms with E-state index in [1.54, 1.807) is 12.3 Å². The lowest BCUT2D eigenvalue weighted by molar-refractivity contribution is -0.137. The summed E-state index contributed by atoms with van der Waals surface area (Å²) in [7, 11) is 1.27. The minimum atomic E-state index is -4.55. The summed E-state index contributed by atoms with van der Waals surface area (Å²) in [6.45, 7) is 0.321. The van der Waals surface area contributed by atoms with E-state index in [1.807, 2.05) is 28.8 Å². The van der Waals surface area contributed by atoms with Crippen LogP contribution in [0, 0.1) is 0 Å². The normalized spacial score (nSPS) is 11.8. The van der Waals surface area contributed by atoms with Crippen molar-refractivity contribution in [3.63, 3.8) is 0 Å². The van der Waals surface area contributed by atoms with Gasteiger partial charge in [-0.25, -0.2) is 10.2 Å². The van der Waals surface area contributed by atoms with Crippen LogP contribution in [0.15, 0.2) is 76.4 Å². The van der Waals surface area contributed by atoms with Crippen molar-refractivity contribution in [3.8, 4) is 0 Å². The lowest BCUT2D eigenvalue weighted by Gasteiger charge is -2.07. The Bertz CT molecular complexity index is 1390. The molecule has 7 nitrogen and oxygen atoms in total. The number of hydrogen-bond acceptors (Lipinski definition) is 5. The third-order valence-corrected chi connectivity index (χ3v) is 5.02. The first-order valence-electron chi connectivity index (χ1n) is 10.0. The van der Waals surface area contributed by atoms with Crippen LogP contribution >= 0.6 is 0 Å². The van der Waals surface area contributed by atoms with Crippen molar-refractivity contribution in [3.05, 3.63) is 95.1 Å². The Morgan fingerprint density at radius 3 is 2.68 bits per heavy atom. The Balaban J connectivity index is 1.53. The van der Waals surface area contributed by atoms with Crippen LogP contribution in [0.4, 0.5) is 13.2 Å². The zero-order valence-corrected chi connectivity index (χ0v) is 17.8. The van der Waals surface area contributed by atoms with Gasteiger partial charge in [0, 0.05) is 28.2 Å². The van der Waals surface area contributed by atoms with Crippen molar-refractivity contribution >= 4 is 29.0 Å². The van der Waals surface area contributed by atoms with Crippen molar-refractivity contribution in [2.24, 2.45) is 5.10 Å². The molecule has 2 aromatic heterocycles. The molecule has 2 aromatic carbocycles. The first-order chi connectivity index (χ1) is 16.3. The van der Waals surface area contributed by atoms with E-state index in [4.69, 9.17) is 4.42 Å². The maximum Gasteiger partial charge on any atom is 0.416 e. The van der Waals surface area contributed by atoms with Crippen LogP contribution in [0.1, 0.15) is 37.8 Å². The Kier molecular flexibility index (Phi) is 6.22. The molecule has 10 heteroatoms. The zero-order chi connectivity index (χ0) is 24.3. The maximum absolute atomic E-state index is 12.9. The molecule has 0 saturated heterocycles. The molecule has 0 aliphatic carbocycles. The molecule has 0 radical (unpaired) electrons. The highest BCUT2D eigenvalue weighted by Gasteiger charge is 2.30. The number of ether oxygens (including phenoxy) is 1. The molecular weight excluding hydrogens is 451 g/mol. The molecule has 4 aromatic rings. The van der Waals surface area contributed by atoms with E-state index in [-0.39, 0.29) is 11.3 Å². The molecule has 0 spiro atoms. The van der Waals surface area contributed by atoms with Gasteiger partial charge in [0.2, 0.25) is 5.76 Å². The van der Waals surface area contributed by atoms with Gasteiger partial charge in [-0.1, -0.05) is 24.3 Å². The van der Waals surface area contributed by atoms with Crippen molar-refractivity contribution in [2.75, 3.05) is 7.11 Å². The number of halogens is 3. The van der Waals surface area contributed by atoms with Crippen molar-refractivity contribution in [2.45, 2.75) is 12.7 Å². The molecule has 1 amide bonds. The van der Waals surface area contributed by atoms with Gasteiger partial charge >= 0.3 is 12.1 Å². The van der Waals surface area contributed by atoms with Crippen LogP contribution < -0.4 is 5.43 Å². The van der Waals surface area contributed by atoms with Gasteiger partial charge in [0.25, 0.3) is 5.91 Å². The van der Waals surface area contributed by atoms with Gasteiger partial charge in [0.05, 0.1) is 25.4 Å². The third kappa shape index (κ3) is 4.85. The quantitative estimate of drug-likeness (QED) is 0.249. The number of nitrogens with one attached hydrogen (secondary N) is 1. The molecule has 34 heavy (non-hydrogen) atoms. The molecule has 0 unspecified atom stereocenters. The molecule has 0 fully saturated rings. The Labute approximate surface area is 191 Å². The number of methoxy groups -OCH3 is 1. The lowest BCUT2D eigenvalue weighted by Crippen LogP contribution is -2.18. The summed E-state index contributed by atoms with van der Waals surface area (Å²) >= 11 is 0. The second kappa shape index (κ2) is 9.26. The van der Waals surface area contributed by atoms with Crippen molar-refractivity contribution in [1.82, 2.24) is 9.99 Å². The van der Waals surface area contributed by atoms with Crippen LogP contribution in [-0.4, -0.2) is 29.8 Å². The van der Waals surface area contributed by atoms with E-state index in [2.05, 4.69) is 15.3 Å². The summed E-state index contributed by atoms with van der Waals surface area (Å²) in [5, 5.41) is 4.75. The van der Waals surface area contributed by atoms with Gasteiger partial charge < -0.3 is 13.7 Å². The molecule has 0 bridgehead atoms. The van der Waals surface area contributed by atoms with E-state index in [9.17, 15) is 22.8 Å². The number of fused-ring (bicyclic) bond motifs is 1. The van der Waals surface area contributed by atoms with Gasteiger partial charge in [-0.15, -0.1) is 0 Å². The summed E-state index contributed by atoms with van der Waals surface area (Å²) in [5.41, 5.74) is 2.70. The number of carbonyl (C=O) groups is 2. The number of benzene rings is 2. The van der Waals surface area contributed by atoms with Crippen LogP contribution in [0.2, 0.25) is 0 Å². The number of nitrogens with zero attached hydrogens (tertiary/aromatic N) is 2. The average Bonchev–Trinajstić information content (AvgIpc) is 3.43. The first-order valence-corrected chi connectivity index (χ1v) is 10.0. The van der Waals surface area contributed by atoms with Gasteiger partial charge in [-0.3, -0.25) is 4.79 Å². The van der Waals surface area contributed by atoms with E-state index < -0.39 is 23.6 Å². The molecule has 2 heterocycles. The van der Waals surface area contributed by atoms with E-state index in [0.29, 0.717) is 17.9 Å². The Morgan fingerprint density at radius 1 is 1.12 bits per heavy atom. The highest BCUT2D eigenvalue weighted by Crippen LogP contribution is 2.29. The molecule has 0 aliphatic heterocycles. The lowest BCUT2D eigenvalue weighted by atomic mass is 10.1. The minimum Gasteiger partial charge on any atom is -0.463 e. The molecule has 0 aliphatic rings. The topological polar surface area (TPSA) is 85.8 Å². The summed E-state index contributed by atoms with van der Waals surface area (Å²) in [6.07, 6.45) is -1.36. The summed E-state index contributed by atoms with van der Waals surface area (Å²) < 4.78 is 50.7. The van der Waals surface area contributed by atoms with Crippen LogP contribution in [0.3, 0.4) is 0 Å². The monoisotopic (exact) mass is 469 g/mol. The molecule has 4 rings (SSSR count). The number of aromatic nitrogens is 1. The van der Waals surface area contributed by atoms with Gasteiger partial charge in [0.1, 0.15) is 5.76 Å². The number of amides is 1. The van der Waals surface area contributed by atoms with Crippen LogP contribution in [0.5, 0.6) is 0 Å². The first kappa shape index (κ1) is 22.8. The van der Waals surface area contributed by atoms with Crippen molar-refractivity contribution < 1.29 is 31.9 Å². The number of rotatable bonds is 6. The smallest absolute Gasteiger partial charge is 0.416 e. The minimum absolute atomic E-state index is 0.0908. The van der Waals surface area contributed by atoms with Crippen LogP contribution in [0.25, 0.3) is 10.9 Å². The molecule has 1 N–H and O–H groups in total. The average molecular weight is 469 g/mol. The Morgan fingerprint density at radius 2 is 1.91 bits per heavy atom. The number of furan rings is 1. The SMILES string of the molecule is COC(=O)c1ccc(Cn2cc(/C=N\NC(=O)c3cccc(C(F)(F)F)c3)c3ccccc32)o1. The highest BCUT2D eigenvalue weighted by atomic mass is 19.4. The largest absolute Gasteiger partial charge is 0.463 e. The predicted octanol–water partition coefficient (Wildman–Crippen LogP) is 4.85. The summed E-state index contributed by atoms with van der Waals surface area (Å²) in [4.78, 5) is 23.9. The van der Waals surface area contributed by atoms with E-state index in [1.165, 1.54) is 25.5 Å². The fourth-order valence-electron chi connectivity index (χ4n) is 3.41. The fourth-order valence-corrected chi connectivity index (χ4v) is 3.41. The summed E-state index contributed by atoms with van der Waals surface area (Å²) in [5.74, 6) is -0.722. The van der Waals surface area contributed by atoms with E-state index >= 15 is 0 Å². The second-order valence-electron chi connectivity index (χ2n) is 7.26. The third-order valence-electron chi connectivity index (χ3n) is 5.02. The standard InChI is InChI=1S/C24H18F3N3O4/c1-33-23(32)21-10-9-18(34-21)14-30-13-16(19-7-2-3-8-20(19)30)12-28-29-22(31)15-5-4-6-17(11-15)24(25,26)27/h2-13H,14H2,1H3,(H,29,31)/b28-12-. The zero-order valence-electron chi connectivity index (χ0n) is 17.8. The molecule has 0 saturated carbocycles. The number of esters is 1. The molecular formula is C24H18F3N3O4. The van der Waals surface area contributed by atoms with Crippen LogP contribution in [-0.2, 0) is 17.5 Å². The number of alkyl halides is 3. The van der Waals surface area contributed by atoms with Crippen molar-refractivity contribution in [1.29, 1.82) is 0 Å². The predicted molar refractivity (Wildman–Crippen MR) is 118 cm³/mol. The number of para-hydroxylation sites is 1. The van der Waals surface area contributed by atoms with Gasteiger partial charge in [-0.05, 0) is 36.4 Å². The Hall–Kier alpha value is -4.34. The number of carbonyl (C=O) groups excluding carboxylic acids is 2.